The van der Waals surface area contributed by atoms with E-state index in [9.17, 15) is 4.79 Å². The number of aliphatic carboxylic acids is 1. The first-order chi connectivity index (χ1) is 10.6. The van der Waals surface area contributed by atoms with E-state index >= 15 is 0 Å². The van der Waals surface area contributed by atoms with Crippen LogP contribution in [-0.2, 0) is 4.79 Å². The van der Waals surface area contributed by atoms with E-state index in [1.54, 1.807) is 0 Å². The molecule has 0 radical (unpaired) electrons. The van der Waals surface area contributed by atoms with E-state index in [0.717, 1.165) is 28.1 Å². The van der Waals surface area contributed by atoms with E-state index in [1.165, 1.54) is 6.33 Å². The van der Waals surface area contributed by atoms with E-state index < -0.39 is 5.97 Å². The highest BCUT2D eigenvalue weighted by Gasteiger charge is 2.07. The van der Waals surface area contributed by atoms with Crippen LogP contribution in [0, 0.1) is 0 Å². The summed E-state index contributed by atoms with van der Waals surface area (Å²) in [4.78, 5) is 17.5. The number of rotatable bonds is 2. The van der Waals surface area contributed by atoms with Crippen LogP contribution in [0.5, 0.6) is 0 Å². The summed E-state index contributed by atoms with van der Waals surface area (Å²) in [6.07, 6.45) is 2.33. The van der Waals surface area contributed by atoms with Crippen LogP contribution in [0.3, 0.4) is 0 Å². The van der Waals surface area contributed by atoms with Gasteiger partial charge in [-0.2, -0.15) is 0 Å². The molecule has 0 amide bonds. The third-order valence-electron chi connectivity index (χ3n) is 2.95. The van der Waals surface area contributed by atoms with Crippen LogP contribution in [-0.4, -0.2) is 21.0 Å². The minimum absolute atomic E-state index is 0.523. The predicted molar refractivity (Wildman–Crippen MR) is 87.2 cm³/mol. The number of hydrogen-bond donors (Lipinski definition) is 2. The first-order valence-electron chi connectivity index (χ1n) is 6.53. The van der Waals surface area contributed by atoms with Crippen LogP contribution in [0.15, 0.2) is 67.5 Å². The average molecular weight is 293 g/mol. The molecule has 5 heteroatoms. The molecule has 0 aliphatic carbocycles. The van der Waals surface area contributed by atoms with Gasteiger partial charge in [0, 0.05) is 6.08 Å². The normalized spacial score (nSPS) is 9.64. The van der Waals surface area contributed by atoms with Crippen LogP contribution >= 0.6 is 0 Å². The Morgan fingerprint density at radius 2 is 1.77 bits per heavy atom. The maximum atomic E-state index is 9.25. The van der Waals surface area contributed by atoms with Gasteiger partial charge in [-0.1, -0.05) is 49.0 Å². The molecule has 3 aromatic rings. The molecule has 0 bridgehead atoms. The van der Waals surface area contributed by atoms with E-state index in [2.05, 4.69) is 28.7 Å². The Bertz CT molecular complexity index is 796. The Kier molecular flexibility index (Phi) is 4.82. The van der Waals surface area contributed by atoms with Crippen LogP contribution in [0.1, 0.15) is 0 Å². The van der Waals surface area contributed by atoms with Gasteiger partial charge in [0.25, 0.3) is 0 Å². The summed E-state index contributed by atoms with van der Waals surface area (Å²) >= 11 is 0. The van der Waals surface area contributed by atoms with E-state index in [1.807, 2.05) is 36.4 Å². The highest BCUT2D eigenvalue weighted by molar-refractivity contribution is 6.00. The number of carboxylic acid groups (broad SMARTS) is 1. The predicted octanol–water partition coefficient (Wildman–Crippen LogP) is 3.14. The number of hydrogen-bond acceptors (Lipinski definition) is 4. The van der Waals surface area contributed by atoms with Gasteiger partial charge < -0.3 is 10.8 Å². The molecule has 0 unspecified atom stereocenters. The summed E-state index contributed by atoms with van der Waals surface area (Å²) in [6, 6.07) is 16.1. The number of nitrogens with zero attached hydrogens (tertiary/aromatic N) is 2. The van der Waals surface area contributed by atoms with Gasteiger partial charge in [0.05, 0.1) is 10.9 Å². The van der Waals surface area contributed by atoms with Crippen molar-refractivity contribution < 1.29 is 9.90 Å². The molecule has 110 valence electrons. The van der Waals surface area contributed by atoms with Crippen molar-refractivity contribution in [2.45, 2.75) is 0 Å². The van der Waals surface area contributed by atoms with Gasteiger partial charge in [0.1, 0.15) is 12.1 Å². The van der Waals surface area contributed by atoms with Crippen molar-refractivity contribution in [1.82, 2.24) is 9.97 Å². The van der Waals surface area contributed by atoms with Crippen molar-refractivity contribution in [2.75, 3.05) is 5.73 Å². The van der Waals surface area contributed by atoms with Crippen molar-refractivity contribution in [3.8, 4) is 11.1 Å². The fraction of sp³-hybridized carbons (Fsp3) is 0. The van der Waals surface area contributed by atoms with Gasteiger partial charge in [0.15, 0.2) is 0 Å². The number of nitrogens with two attached hydrogens (primary N) is 1. The largest absolute Gasteiger partial charge is 0.478 e. The van der Waals surface area contributed by atoms with Gasteiger partial charge in [-0.15, -0.1) is 0 Å². The van der Waals surface area contributed by atoms with Crippen LogP contribution in [0.2, 0.25) is 0 Å². The molecular formula is C17H15N3O2. The Morgan fingerprint density at radius 1 is 1.09 bits per heavy atom. The summed E-state index contributed by atoms with van der Waals surface area (Å²) in [5, 5.41) is 8.52. The number of nitrogen functional groups attached to an aromatic ring is 1. The molecule has 0 spiro atoms. The second-order valence-electron chi connectivity index (χ2n) is 4.37. The quantitative estimate of drug-likeness (QED) is 0.708. The summed E-state index contributed by atoms with van der Waals surface area (Å²) < 4.78 is 0. The molecule has 3 rings (SSSR count). The maximum Gasteiger partial charge on any atom is 0.327 e. The molecule has 0 aliphatic heterocycles. The van der Waals surface area contributed by atoms with E-state index in [0.29, 0.717) is 5.82 Å². The lowest BCUT2D eigenvalue weighted by atomic mass is 10.0. The zero-order valence-electron chi connectivity index (χ0n) is 11.8. The standard InChI is InChI=1S/C14H11N3.C3H4O2/c15-14-13-11(10-5-2-1-3-6-10)7-4-8-12(13)16-9-17-14;1-2-3(4)5/h1-9H,(H2,15,16,17);2H,1H2,(H,4,5). The summed E-state index contributed by atoms with van der Waals surface area (Å²) in [5.41, 5.74) is 9.01. The minimum Gasteiger partial charge on any atom is -0.478 e. The second-order valence-corrected chi connectivity index (χ2v) is 4.37. The second kappa shape index (κ2) is 6.99. The zero-order valence-corrected chi connectivity index (χ0v) is 11.8. The number of carboxylic acids is 1. The van der Waals surface area contributed by atoms with Gasteiger partial charge in [-0.05, 0) is 17.2 Å². The molecule has 0 saturated carbocycles. The molecule has 5 nitrogen and oxygen atoms in total. The highest BCUT2D eigenvalue weighted by Crippen LogP contribution is 2.30. The van der Waals surface area contributed by atoms with Gasteiger partial charge in [-0.25, -0.2) is 14.8 Å². The molecule has 0 fully saturated rings. The van der Waals surface area contributed by atoms with Crippen LogP contribution < -0.4 is 5.73 Å². The van der Waals surface area contributed by atoms with Crippen LogP contribution in [0.25, 0.3) is 22.0 Å². The lowest BCUT2D eigenvalue weighted by Gasteiger charge is -2.07. The van der Waals surface area contributed by atoms with Crippen LogP contribution in [0.4, 0.5) is 5.82 Å². The number of carbonyl (C=O) groups is 1. The number of fused-ring (bicyclic) bond motifs is 1. The Labute approximate surface area is 127 Å². The first kappa shape index (κ1) is 15.2. The molecule has 0 atom stereocenters. The third kappa shape index (κ3) is 3.46. The maximum absolute atomic E-state index is 9.25. The Morgan fingerprint density at radius 3 is 2.41 bits per heavy atom. The number of aromatic nitrogens is 2. The highest BCUT2D eigenvalue weighted by atomic mass is 16.4. The monoisotopic (exact) mass is 293 g/mol. The van der Waals surface area contributed by atoms with E-state index in [4.69, 9.17) is 10.8 Å². The SMILES string of the molecule is C=CC(=O)O.Nc1ncnc2cccc(-c3ccccc3)c12. The molecule has 1 aromatic heterocycles. The van der Waals surface area contributed by atoms with Crippen molar-refractivity contribution in [1.29, 1.82) is 0 Å². The number of benzene rings is 2. The van der Waals surface area contributed by atoms with E-state index in [-0.39, 0.29) is 0 Å². The lowest BCUT2D eigenvalue weighted by molar-refractivity contribution is -0.131. The smallest absolute Gasteiger partial charge is 0.327 e. The minimum atomic E-state index is -0.981. The topological polar surface area (TPSA) is 89.1 Å². The van der Waals surface area contributed by atoms with Crippen molar-refractivity contribution in [3.63, 3.8) is 0 Å². The summed E-state index contributed by atoms with van der Waals surface area (Å²) in [6.45, 7) is 2.96. The fourth-order valence-electron chi connectivity index (χ4n) is 1.99. The Hall–Kier alpha value is -3.21. The molecule has 0 saturated heterocycles. The fourth-order valence-corrected chi connectivity index (χ4v) is 1.99. The van der Waals surface area contributed by atoms with Gasteiger partial charge >= 0.3 is 5.97 Å². The molecule has 0 aliphatic rings. The van der Waals surface area contributed by atoms with Gasteiger partial charge in [-0.3, -0.25) is 0 Å². The lowest BCUT2D eigenvalue weighted by Crippen LogP contribution is -1.94. The third-order valence-corrected chi connectivity index (χ3v) is 2.95. The first-order valence-corrected chi connectivity index (χ1v) is 6.53. The summed E-state index contributed by atoms with van der Waals surface area (Å²) in [5.74, 6) is -0.459. The molecule has 3 N–H and O–H groups in total. The Balaban J connectivity index is 0.000000309. The van der Waals surface area contributed by atoms with Gasteiger partial charge in [0.2, 0.25) is 0 Å². The zero-order chi connectivity index (χ0) is 15.9. The molecular weight excluding hydrogens is 278 g/mol. The summed E-state index contributed by atoms with van der Waals surface area (Å²) in [7, 11) is 0. The molecule has 2 aromatic carbocycles. The van der Waals surface area contributed by atoms with Crippen molar-refractivity contribution in [2.24, 2.45) is 0 Å². The number of anilines is 1. The molecule has 1 heterocycles. The molecule has 22 heavy (non-hydrogen) atoms. The van der Waals surface area contributed by atoms with Crippen molar-refractivity contribution >= 4 is 22.7 Å². The van der Waals surface area contributed by atoms with Crippen molar-refractivity contribution in [3.05, 3.63) is 67.5 Å². The average Bonchev–Trinajstić information content (AvgIpc) is 2.56.